The van der Waals surface area contributed by atoms with Crippen LogP contribution in [0.25, 0.3) is 0 Å². The zero-order valence-electron chi connectivity index (χ0n) is 12.9. The number of rotatable bonds is 2. The van der Waals surface area contributed by atoms with Crippen LogP contribution in [0, 0.1) is 6.92 Å². The Morgan fingerprint density at radius 2 is 2.36 bits per heavy atom. The Morgan fingerprint density at radius 1 is 1.45 bits per heavy atom. The molecule has 3 heterocycles. The van der Waals surface area contributed by atoms with Crippen molar-refractivity contribution in [2.45, 2.75) is 44.6 Å². The molecule has 1 spiro atoms. The first kappa shape index (κ1) is 13.5. The molecule has 1 fully saturated rings. The van der Waals surface area contributed by atoms with Crippen molar-refractivity contribution in [2.75, 3.05) is 13.1 Å². The van der Waals surface area contributed by atoms with Gasteiger partial charge in [0.15, 0.2) is 0 Å². The summed E-state index contributed by atoms with van der Waals surface area (Å²) in [5, 5.41) is 7.38. The summed E-state index contributed by atoms with van der Waals surface area (Å²) in [5.74, 6) is 1.07. The van der Waals surface area contributed by atoms with Gasteiger partial charge in [-0.3, -0.25) is 9.89 Å². The van der Waals surface area contributed by atoms with E-state index < -0.39 is 0 Å². The summed E-state index contributed by atoms with van der Waals surface area (Å²) < 4.78 is 1.92. The minimum atomic E-state index is 0.101. The molecule has 4 rings (SSSR count). The average molecular weight is 299 g/mol. The predicted octanol–water partition coefficient (Wildman–Crippen LogP) is 1.42. The van der Waals surface area contributed by atoms with Gasteiger partial charge in [0.25, 0.3) is 0 Å². The molecule has 0 aromatic carbocycles. The first-order valence-corrected chi connectivity index (χ1v) is 7.96. The van der Waals surface area contributed by atoms with Gasteiger partial charge in [0.2, 0.25) is 5.91 Å². The highest BCUT2D eigenvalue weighted by Crippen LogP contribution is 2.43. The van der Waals surface area contributed by atoms with E-state index in [4.69, 9.17) is 0 Å². The Kier molecular flexibility index (Phi) is 3.06. The topological polar surface area (TPSA) is 66.8 Å². The molecule has 2 aromatic heterocycles. The predicted molar refractivity (Wildman–Crippen MR) is 81.4 cm³/mol. The molecule has 22 heavy (non-hydrogen) atoms. The Morgan fingerprint density at radius 3 is 3.18 bits per heavy atom. The van der Waals surface area contributed by atoms with Crippen LogP contribution in [0.1, 0.15) is 36.3 Å². The lowest BCUT2D eigenvalue weighted by molar-refractivity contribution is -0.134. The molecule has 1 aliphatic heterocycles. The van der Waals surface area contributed by atoms with Gasteiger partial charge >= 0.3 is 0 Å². The normalized spacial score (nSPS) is 24.0. The number of aromatic nitrogens is 4. The quantitative estimate of drug-likeness (QED) is 0.912. The Hall–Kier alpha value is -2.11. The number of carbonyl (C=O) groups excluding carboxylic acids is 1. The average Bonchev–Trinajstić information content (AvgIpc) is 3.21. The van der Waals surface area contributed by atoms with Crippen molar-refractivity contribution >= 4 is 5.91 Å². The molecule has 1 atom stereocenters. The van der Waals surface area contributed by atoms with Crippen molar-refractivity contribution in [3.63, 3.8) is 0 Å². The number of H-pyrrole nitrogens is 1. The number of imidazole rings is 1. The Labute approximate surface area is 129 Å². The van der Waals surface area contributed by atoms with Gasteiger partial charge < -0.3 is 9.47 Å². The molecule has 2 aliphatic rings. The van der Waals surface area contributed by atoms with E-state index in [0.29, 0.717) is 6.54 Å². The fourth-order valence-electron chi connectivity index (χ4n) is 4.03. The zero-order valence-corrected chi connectivity index (χ0v) is 12.9. The maximum absolute atomic E-state index is 12.7. The molecule has 0 bridgehead atoms. The number of hydrogen-bond acceptors (Lipinski definition) is 3. The number of likely N-dealkylation sites (tertiary alicyclic amines) is 1. The van der Waals surface area contributed by atoms with Gasteiger partial charge in [-0.15, -0.1) is 0 Å². The summed E-state index contributed by atoms with van der Waals surface area (Å²) in [6, 6.07) is 0. The molecule has 6 nitrogen and oxygen atoms in total. The fourth-order valence-corrected chi connectivity index (χ4v) is 4.03. The van der Waals surface area contributed by atoms with Crippen LogP contribution in [-0.2, 0) is 23.2 Å². The van der Waals surface area contributed by atoms with Gasteiger partial charge in [0, 0.05) is 36.6 Å². The number of nitrogens with zero attached hydrogens (tertiary/aromatic N) is 4. The summed E-state index contributed by atoms with van der Waals surface area (Å²) in [4.78, 5) is 18.9. The number of hydrogen-bond donors (Lipinski definition) is 1. The van der Waals surface area contributed by atoms with Gasteiger partial charge in [-0.2, -0.15) is 5.10 Å². The minimum Gasteiger partial charge on any atom is -0.340 e. The molecule has 0 saturated carbocycles. The third-order valence-electron chi connectivity index (χ3n) is 5.28. The summed E-state index contributed by atoms with van der Waals surface area (Å²) >= 11 is 0. The monoisotopic (exact) mass is 299 g/mol. The maximum atomic E-state index is 12.7. The van der Waals surface area contributed by atoms with E-state index in [1.54, 1.807) is 6.20 Å². The fraction of sp³-hybridized carbons (Fsp3) is 0.562. The molecule has 1 unspecified atom stereocenters. The molecule has 1 N–H and O–H groups in total. The number of aromatic amines is 1. The third kappa shape index (κ3) is 2.05. The van der Waals surface area contributed by atoms with Crippen LogP contribution < -0.4 is 0 Å². The molecule has 1 aliphatic carbocycles. The second-order valence-corrected chi connectivity index (χ2v) is 6.57. The lowest BCUT2D eigenvalue weighted by Crippen LogP contribution is -2.48. The summed E-state index contributed by atoms with van der Waals surface area (Å²) in [5.41, 5.74) is 2.70. The minimum absolute atomic E-state index is 0.101. The number of piperidine rings is 1. The van der Waals surface area contributed by atoms with Crippen molar-refractivity contribution in [1.29, 1.82) is 0 Å². The van der Waals surface area contributed by atoms with Crippen molar-refractivity contribution in [3.8, 4) is 0 Å². The maximum Gasteiger partial charge on any atom is 0.242 e. The SMILES string of the molecule is Cc1nccn1CC(=O)N1CCCC2(CCc3cn[nH]c32)C1. The van der Waals surface area contributed by atoms with Crippen molar-refractivity contribution < 1.29 is 4.79 Å². The number of nitrogens with one attached hydrogen (secondary N) is 1. The first-order valence-electron chi connectivity index (χ1n) is 7.96. The first-order chi connectivity index (χ1) is 10.7. The Balaban J connectivity index is 1.52. The molecular formula is C16H21N5O. The second kappa shape index (κ2) is 4.97. The van der Waals surface area contributed by atoms with Crippen LogP contribution in [-0.4, -0.2) is 43.6 Å². The van der Waals surface area contributed by atoms with Crippen molar-refractivity contribution in [3.05, 3.63) is 35.7 Å². The third-order valence-corrected chi connectivity index (χ3v) is 5.28. The molecule has 6 heteroatoms. The van der Waals surface area contributed by atoms with E-state index in [2.05, 4.69) is 15.2 Å². The van der Waals surface area contributed by atoms with Crippen molar-refractivity contribution in [1.82, 2.24) is 24.6 Å². The van der Waals surface area contributed by atoms with Gasteiger partial charge in [-0.05, 0) is 38.2 Å². The number of fused-ring (bicyclic) bond motifs is 2. The van der Waals surface area contributed by atoms with E-state index in [1.165, 1.54) is 11.3 Å². The van der Waals surface area contributed by atoms with Crippen LogP contribution >= 0.6 is 0 Å². The molecule has 116 valence electrons. The summed E-state index contributed by atoms with van der Waals surface area (Å²) in [7, 11) is 0. The van der Waals surface area contributed by atoms with Crippen LogP contribution in [0.3, 0.4) is 0 Å². The van der Waals surface area contributed by atoms with E-state index >= 15 is 0 Å². The standard InChI is InChI=1S/C16H21N5O/c1-12-17-6-8-20(12)10-14(22)21-7-2-4-16(11-21)5-3-13-9-18-19-15(13)16/h6,8-9H,2-5,7,10-11H2,1H3,(H,18,19). The largest absolute Gasteiger partial charge is 0.340 e. The lowest BCUT2D eigenvalue weighted by Gasteiger charge is -2.40. The van der Waals surface area contributed by atoms with E-state index in [9.17, 15) is 4.79 Å². The van der Waals surface area contributed by atoms with Crippen LogP contribution in [0.15, 0.2) is 18.6 Å². The van der Waals surface area contributed by atoms with E-state index in [-0.39, 0.29) is 11.3 Å². The summed E-state index contributed by atoms with van der Waals surface area (Å²) in [6.07, 6.45) is 9.98. The van der Waals surface area contributed by atoms with Gasteiger partial charge in [0.1, 0.15) is 12.4 Å². The highest BCUT2D eigenvalue weighted by Gasteiger charge is 2.44. The van der Waals surface area contributed by atoms with E-state index in [1.807, 2.05) is 28.8 Å². The van der Waals surface area contributed by atoms with Gasteiger partial charge in [-0.25, -0.2) is 4.98 Å². The van der Waals surface area contributed by atoms with E-state index in [0.717, 1.165) is 44.6 Å². The smallest absolute Gasteiger partial charge is 0.242 e. The number of aryl methyl sites for hydroxylation is 2. The second-order valence-electron chi connectivity index (χ2n) is 6.57. The highest BCUT2D eigenvalue weighted by molar-refractivity contribution is 5.76. The molecular weight excluding hydrogens is 278 g/mol. The number of amides is 1. The molecule has 1 amide bonds. The van der Waals surface area contributed by atoms with Gasteiger partial charge in [0.05, 0.1) is 6.20 Å². The van der Waals surface area contributed by atoms with Crippen LogP contribution in [0.2, 0.25) is 0 Å². The molecule has 2 aromatic rings. The van der Waals surface area contributed by atoms with Crippen LogP contribution in [0.5, 0.6) is 0 Å². The molecule has 0 radical (unpaired) electrons. The molecule has 1 saturated heterocycles. The zero-order chi connectivity index (χ0) is 15.2. The Bertz CT molecular complexity index is 703. The van der Waals surface area contributed by atoms with Crippen molar-refractivity contribution in [2.24, 2.45) is 0 Å². The van der Waals surface area contributed by atoms with Crippen LogP contribution in [0.4, 0.5) is 0 Å². The van der Waals surface area contributed by atoms with Gasteiger partial charge in [-0.1, -0.05) is 0 Å². The summed E-state index contributed by atoms with van der Waals surface area (Å²) in [6.45, 7) is 3.99. The number of carbonyl (C=O) groups is 1. The highest BCUT2D eigenvalue weighted by atomic mass is 16.2. The lowest BCUT2D eigenvalue weighted by atomic mass is 9.77.